The summed E-state index contributed by atoms with van der Waals surface area (Å²) in [5.41, 5.74) is 6.16. The molecule has 0 fully saturated rings. The zero-order chi connectivity index (χ0) is 17.9. The Balaban J connectivity index is 1.61. The Kier molecular flexibility index (Phi) is 4.07. The van der Waals surface area contributed by atoms with E-state index in [1.807, 2.05) is 66.3 Å². The normalized spacial score (nSPS) is 11.3. The SMILES string of the molecule is Cn1cc(/C=N\Nc2nc(-c3ccccc3)cc(=O)[nH]2)c2ccccc21. The van der Waals surface area contributed by atoms with Crippen molar-refractivity contribution in [1.29, 1.82) is 0 Å². The summed E-state index contributed by atoms with van der Waals surface area (Å²) in [7, 11) is 2.00. The van der Waals surface area contributed by atoms with Crippen molar-refractivity contribution >= 4 is 23.1 Å². The van der Waals surface area contributed by atoms with Gasteiger partial charge in [-0.3, -0.25) is 9.78 Å². The first-order chi connectivity index (χ1) is 12.7. The van der Waals surface area contributed by atoms with Crippen LogP contribution in [0.15, 0.2) is 76.8 Å². The van der Waals surface area contributed by atoms with Gasteiger partial charge in [0.25, 0.3) is 5.56 Å². The minimum Gasteiger partial charge on any atom is -0.350 e. The Morgan fingerprint density at radius 1 is 1.12 bits per heavy atom. The van der Waals surface area contributed by atoms with Gasteiger partial charge >= 0.3 is 0 Å². The number of anilines is 1. The van der Waals surface area contributed by atoms with Crippen molar-refractivity contribution in [2.45, 2.75) is 0 Å². The molecule has 26 heavy (non-hydrogen) atoms. The lowest BCUT2D eigenvalue weighted by Crippen LogP contribution is -2.10. The summed E-state index contributed by atoms with van der Waals surface area (Å²) >= 11 is 0. The minimum atomic E-state index is -0.235. The number of benzene rings is 2. The predicted octanol–water partition coefficient (Wildman–Crippen LogP) is 3.37. The zero-order valence-electron chi connectivity index (χ0n) is 14.2. The van der Waals surface area contributed by atoms with Gasteiger partial charge in [0.05, 0.1) is 11.9 Å². The van der Waals surface area contributed by atoms with E-state index in [0.29, 0.717) is 11.6 Å². The fraction of sp³-hybridized carbons (Fsp3) is 0.0500. The number of hydrogen-bond donors (Lipinski definition) is 2. The number of nitrogens with zero attached hydrogens (tertiary/aromatic N) is 3. The second-order valence-corrected chi connectivity index (χ2v) is 5.93. The van der Waals surface area contributed by atoms with Gasteiger partial charge in [0.15, 0.2) is 0 Å². The van der Waals surface area contributed by atoms with Crippen LogP contribution in [-0.4, -0.2) is 20.7 Å². The molecular weight excluding hydrogens is 326 g/mol. The van der Waals surface area contributed by atoms with Gasteiger partial charge in [-0.1, -0.05) is 48.5 Å². The number of fused-ring (bicyclic) bond motifs is 1. The van der Waals surface area contributed by atoms with Crippen LogP contribution in [0.4, 0.5) is 5.95 Å². The van der Waals surface area contributed by atoms with Gasteiger partial charge < -0.3 is 4.57 Å². The first-order valence-electron chi connectivity index (χ1n) is 8.20. The summed E-state index contributed by atoms with van der Waals surface area (Å²) in [5, 5.41) is 5.34. The predicted molar refractivity (Wildman–Crippen MR) is 104 cm³/mol. The first-order valence-corrected chi connectivity index (χ1v) is 8.20. The molecule has 2 aromatic heterocycles. The van der Waals surface area contributed by atoms with E-state index in [0.717, 1.165) is 22.0 Å². The maximum atomic E-state index is 11.9. The van der Waals surface area contributed by atoms with Crippen LogP contribution in [0.1, 0.15) is 5.56 Å². The number of hydrazone groups is 1. The monoisotopic (exact) mass is 343 g/mol. The van der Waals surface area contributed by atoms with E-state index in [2.05, 4.69) is 26.6 Å². The first kappa shape index (κ1) is 15.8. The van der Waals surface area contributed by atoms with Crippen molar-refractivity contribution in [3.05, 3.63) is 82.8 Å². The average molecular weight is 343 g/mol. The molecule has 6 nitrogen and oxygen atoms in total. The molecule has 0 aliphatic heterocycles. The van der Waals surface area contributed by atoms with Gasteiger partial charge in [-0.2, -0.15) is 5.10 Å². The number of rotatable bonds is 4. The molecule has 0 saturated heterocycles. The summed E-state index contributed by atoms with van der Waals surface area (Å²) < 4.78 is 2.05. The topological polar surface area (TPSA) is 75.1 Å². The van der Waals surface area contributed by atoms with E-state index in [-0.39, 0.29) is 5.56 Å². The summed E-state index contributed by atoms with van der Waals surface area (Å²) in [6.45, 7) is 0. The number of aryl methyl sites for hydroxylation is 1. The molecule has 0 atom stereocenters. The molecule has 4 rings (SSSR count). The number of para-hydroxylation sites is 1. The summed E-state index contributed by atoms with van der Waals surface area (Å²) in [6, 6.07) is 19.1. The Hall–Kier alpha value is -3.67. The van der Waals surface area contributed by atoms with Crippen molar-refractivity contribution in [3.8, 4) is 11.3 Å². The molecule has 0 spiro atoms. The average Bonchev–Trinajstić information content (AvgIpc) is 2.98. The Morgan fingerprint density at radius 3 is 2.73 bits per heavy atom. The maximum Gasteiger partial charge on any atom is 0.252 e. The highest BCUT2D eigenvalue weighted by Crippen LogP contribution is 2.19. The number of aromatic amines is 1. The van der Waals surface area contributed by atoms with Crippen molar-refractivity contribution in [1.82, 2.24) is 14.5 Å². The van der Waals surface area contributed by atoms with E-state index in [9.17, 15) is 4.79 Å². The van der Waals surface area contributed by atoms with Crippen LogP contribution in [0.3, 0.4) is 0 Å². The number of nitrogens with one attached hydrogen (secondary N) is 2. The van der Waals surface area contributed by atoms with Crippen LogP contribution < -0.4 is 11.0 Å². The van der Waals surface area contributed by atoms with Crippen LogP contribution in [0.25, 0.3) is 22.2 Å². The lowest BCUT2D eigenvalue weighted by molar-refractivity contribution is 0.968. The van der Waals surface area contributed by atoms with E-state index in [4.69, 9.17) is 0 Å². The summed E-state index contributed by atoms with van der Waals surface area (Å²) in [4.78, 5) is 19.0. The Morgan fingerprint density at radius 2 is 1.88 bits per heavy atom. The van der Waals surface area contributed by atoms with E-state index >= 15 is 0 Å². The highest BCUT2D eigenvalue weighted by atomic mass is 16.1. The quantitative estimate of drug-likeness (QED) is 0.441. The number of hydrogen-bond acceptors (Lipinski definition) is 4. The van der Waals surface area contributed by atoms with Crippen molar-refractivity contribution in [3.63, 3.8) is 0 Å². The van der Waals surface area contributed by atoms with Gasteiger partial charge in [-0.25, -0.2) is 10.4 Å². The maximum absolute atomic E-state index is 11.9. The Bertz CT molecular complexity index is 1140. The molecule has 2 aromatic carbocycles. The van der Waals surface area contributed by atoms with E-state index in [1.165, 1.54) is 6.07 Å². The van der Waals surface area contributed by atoms with Crippen LogP contribution in [-0.2, 0) is 7.05 Å². The second kappa shape index (κ2) is 6.68. The molecule has 0 radical (unpaired) electrons. The van der Waals surface area contributed by atoms with E-state index < -0.39 is 0 Å². The highest BCUT2D eigenvalue weighted by molar-refractivity contribution is 5.99. The fourth-order valence-electron chi connectivity index (χ4n) is 2.91. The largest absolute Gasteiger partial charge is 0.350 e. The van der Waals surface area contributed by atoms with Gasteiger partial charge in [0.2, 0.25) is 5.95 Å². The van der Waals surface area contributed by atoms with Crippen LogP contribution in [0, 0.1) is 0 Å². The smallest absolute Gasteiger partial charge is 0.252 e. The number of aromatic nitrogens is 3. The lowest BCUT2D eigenvalue weighted by atomic mass is 10.1. The van der Waals surface area contributed by atoms with Gasteiger partial charge in [0.1, 0.15) is 0 Å². The highest BCUT2D eigenvalue weighted by Gasteiger charge is 2.05. The third kappa shape index (κ3) is 3.12. The summed E-state index contributed by atoms with van der Waals surface area (Å²) in [6.07, 6.45) is 3.73. The molecule has 0 amide bonds. The molecule has 0 aliphatic carbocycles. The van der Waals surface area contributed by atoms with Crippen LogP contribution >= 0.6 is 0 Å². The van der Waals surface area contributed by atoms with Gasteiger partial charge in [0, 0.05) is 41.3 Å². The van der Waals surface area contributed by atoms with Gasteiger partial charge in [-0.05, 0) is 6.07 Å². The molecule has 6 heteroatoms. The summed E-state index contributed by atoms with van der Waals surface area (Å²) in [5.74, 6) is 0.299. The molecule has 4 aromatic rings. The molecule has 0 saturated carbocycles. The third-order valence-corrected chi connectivity index (χ3v) is 4.11. The van der Waals surface area contributed by atoms with Crippen molar-refractivity contribution < 1.29 is 0 Å². The molecule has 0 unspecified atom stereocenters. The molecule has 2 heterocycles. The standard InChI is InChI=1S/C20H17N5O/c1-25-13-15(16-9-5-6-10-18(16)25)12-21-24-20-22-17(11-19(26)23-20)14-7-3-2-4-8-14/h2-13H,1H3,(H2,22,23,24,26)/b21-12-. The zero-order valence-corrected chi connectivity index (χ0v) is 14.2. The van der Waals surface area contributed by atoms with Crippen molar-refractivity contribution in [2.75, 3.05) is 5.43 Å². The van der Waals surface area contributed by atoms with Gasteiger partial charge in [-0.15, -0.1) is 0 Å². The minimum absolute atomic E-state index is 0.235. The lowest BCUT2D eigenvalue weighted by Gasteiger charge is -2.03. The fourth-order valence-corrected chi connectivity index (χ4v) is 2.91. The molecule has 0 bridgehead atoms. The Labute approximate surface area is 149 Å². The van der Waals surface area contributed by atoms with E-state index in [1.54, 1.807) is 6.21 Å². The molecule has 2 N–H and O–H groups in total. The molecular formula is C20H17N5O. The molecule has 128 valence electrons. The third-order valence-electron chi connectivity index (χ3n) is 4.11. The second-order valence-electron chi connectivity index (χ2n) is 5.93. The number of H-pyrrole nitrogens is 1. The van der Waals surface area contributed by atoms with Crippen LogP contribution in [0.5, 0.6) is 0 Å². The van der Waals surface area contributed by atoms with Crippen LogP contribution in [0.2, 0.25) is 0 Å². The molecule has 0 aliphatic rings. The van der Waals surface area contributed by atoms with Crippen molar-refractivity contribution in [2.24, 2.45) is 12.1 Å².